The molecule has 5 heteroatoms. The highest BCUT2D eigenvalue weighted by molar-refractivity contribution is 9.11. The molecule has 0 radical (unpaired) electrons. The molecule has 1 saturated heterocycles. The van der Waals surface area contributed by atoms with E-state index in [9.17, 15) is 4.79 Å². The number of amides is 1. The molecule has 1 aliphatic rings. The summed E-state index contributed by atoms with van der Waals surface area (Å²) in [7, 11) is 0. The van der Waals surface area contributed by atoms with Gasteiger partial charge in [-0.3, -0.25) is 9.69 Å². The first-order valence-corrected chi connectivity index (χ1v) is 7.89. The van der Waals surface area contributed by atoms with Gasteiger partial charge >= 0.3 is 0 Å². The zero-order valence-electron chi connectivity index (χ0n) is 11.1. The summed E-state index contributed by atoms with van der Waals surface area (Å²) >= 11 is 5.01. The number of carbonyl (C=O) groups is 1. The van der Waals surface area contributed by atoms with Crippen LogP contribution >= 0.6 is 27.3 Å². The van der Waals surface area contributed by atoms with E-state index < -0.39 is 0 Å². The van der Waals surface area contributed by atoms with Crippen molar-refractivity contribution >= 4 is 33.2 Å². The number of rotatable bonds is 2. The number of hydrogen-bond donors (Lipinski definition) is 0. The van der Waals surface area contributed by atoms with Crippen molar-refractivity contribution < 1.29 is 4.79 Å². The van der Waals surface area contributed by atoms with Gasteiger partial charge in [0.05, 0.1) is 8.66 Å². The third kappa shape index (κ3) is 2.95. The topological polar surface area (TPSA) is 23.6 Å². The van der Waals surface area contributed by atoms with Gasteiger partial charge in [-0.15, -0.1) is 11.3 Å². The van der Waals surface area contributed by atoms with Crippen molar-refractivity contribution in [2.75, 3.05) is 26.2 Å². The van der Waals surface area contributed by atoms with Gasteiger partial charge in [0.15, 0.2) is 0 Å². The van der Waals surface area contributed by atoms with Crippen LogP contribution in [0.3, 0.4) is 0 Å². The van der Waals surface area contributed by atoms with Crippen molar-refractivity contribution in [1.29, 1.82) is 0 Å². The molecule has 0 saturated carbocycles. The lowest BCUT2D eigenvalue weighted by molar-refractivity contribution is 0.0600. The van der Waals surface area contributed by atoms with Crippen LogP contribution in [-0.4, -0.2) is 47.9 Å². The van der Waals surface area contributed by atoms with Crippen LogP contribution < -0.4 is 0 Å². The largest absolute Gasteiger partial charge is 0.335 e. The molecular formula is C13H19BrN2OS. The summed E-state index contributed by atoms with van der Waals surface area (Å²) in [6.07, 6.45) is 0. The predicted octanol–water partition coefficient (Wildman–Crippen LogP) is 2.99. The van der Waals surface area contributed by atoms with Gasteiger partial charge in [0.1, 0.15) is 0 Å². The van der Waals surface area contributed by atoms with Gasteiger partial charge in [-0.05, 0) is 48.3 Å². The summed E-state index contributed by atoms with van der Waals surface area (Å²) in [5, 5.41) is 0. The van der Waals surface area contributed by atoms with Crippen molar-refractivity contribution in [2.45, 2.75) is 26.8 Å². The van der Waals surface area contributed by atoms with Crippen molar-refractivity contribution in [3.63, 3.8) is 0 Å². The minimum absolute atomic E-state index is 0.178. The highest BCUT2D eigenvalue weighted by Gasteiger charge is 2.24. The molecule has 1 aliphatic heterocycles. The highest BCUT2D eigenvalue weighted by Crippen LogP contribution is 2.28. The second kappa shape index (κ2) is 5.72. The van der Waals surface area contributed by atoms with Crippen LogP contribution in [0, 0.1) is 6.92 Å². The normalized spacial score (nSPS) is 17.5. The maximum atomic E-state index is 12.3. The molecule has 2 rings (SSSR count). The molecule has 18 heavy (non-hydrogen) atoms. The van der Waals surface area contributed by atoms with Crippen molar-refractivity contribution in [1.82, 2.24) is 9.80 Å². The average molecular weight is 331 g/mol. The minimum atomic E-state index is 0.178. The Bertz CT molecular complexity index is 417. The molecular weight excluding hydrogens is 312 g/mol. The number of aryl methyl sites for hydroxylation is 1. The monoisotopic (exact) mass is 330 g/mol. The smallest absolute Gasteiger partial charge is 0.264 e. The van der Waals surface area contributed by atoms with Crippen molar-refractivity contribution in [2.24, 2.45) is 0 Å². The van der Waals surface area contributed by atoms with Crippen LogP contribution in [0.25, 0.3) is 0 Å². The molecule has 0 atom stereocenters. The molecule has 2 heterocycles. The van der Waals surface area contributed by atoms with E-state index >= 15 is 0 Å². The number of carbonyl (C=O) groups excluding carboxylic acids is 1. The molecule has 0 aromatic carbocycles. The standard InChI is InChI=1S/C13H19BrN2OS/c1-9(2)15-4-6-16(7-5-15)13(17)11-8-10(3)12(14)18-11/h8-9H,4-7H2,1-3H3. The Morgan fingerprint density at radius 2 is 1.94 bits per heavy atom. The lowest BCUT2D eigenvalue weighted by Gasteiger charge is -2.36. The maximum Gasteiger partial charge on any atom is 0.264 e. The van der Waals surface area contributed by atoms with E-state index in [4.69, 9.17) is 0 Å². The van der Waals surface area contributed by atoms with Crippen molar-refractivity contribution in [3.8, 4) is 0 Å². The molecule has 0 aliphatic carbocycles. The van der Waals surface area contributed by atoms with E-state index in [-0.39, 0.29) is 5.91 Å². The van der Waals surface area contributed by atoms with Gasteiger partial charge in [-0.25, -0.2) is 0 Å². The maximum absolute atomic E-state index is 12.3. The molecule has 1 amide bonds. The quantitative estimate of drug-likeness (QED) is 0.832. The summed E-state index contributed by atoms with van der Waals surface area (Å²) in [6.45, 7) is 10.1. The minimum Gasteiger partial charge on any atom is -0.335 e. The van der Waals surface area contributed by atoms with Gasteiger partial charge in [-0.1, -0.05) is 0 Å². The van der Waals surface area contributed by atoms with E-state index in [1.165, 1.54) is 11.3 Å². The number of hydrogen-bond acceptors (Lipinski definition) is 3. The lowest BCUT2D eigenvalue weighted by atomic mass is 10.2. The van der Waals surface area contributed by atoms with Crippen LogP contribution in [0.1, 0.15) is 29.1 Å². The molecule has 0 unspecified atom stereocenters. The number of nitrogens with zero attached hydrogens (tertiary/aromatic N) is 2. The van der Waals surface area contributed by atoms with Crippen LogP contribution in [0.4, 0.5) is 0 Å². The van der Waals surface area contributed by atoms with E-state index in [1.807, 2.05) is 17.9 Å². The second-order valence-corrected chi connectivity index (χ2v) is 7.36. The predicted molar refractivity (Wildman–Crippen MR) is 79.4 cm³/mol. The molecule has 3 nitrogen and oxygen atoms in total. The van der Waals surface area contributed by atoms with Crippen molar-refractivity contribution in [3.05, 3.63) is 20.3 Å². The fourth-order valence-electron chi connectivity index (χ4n) is 2.16. The Labute approximate surface area is 121 Å². The molecule has 1 fully saturated rings. The van der Waals surface area contributed by atoms with Crippen LogP contribution in [0.15, 0.2) is 9.85 Å². The van der Waals surface area contributed by atoms with Gasteiger partial charge in [0.2, 0.25) is 0 Å². The number of piperazine rings is 1. The Kier molecular flexibility index (Phi) is 4.45. The highest BCUT2D eigenvalue weighted by atomic mass is 79.9. The van der Waals surface area contributed by atoms with Gasteiger partial charge in [-0.2, -0.15) is 0 Å². The molecule has 1 aromatic heterocycles. The summed E-state index contributed by atoms with van der Waals surface area (Å²) < 4.78 is 1.06. The zero-order valence-corrected chi connectivity index (χ0v) is 13.5. The SMILES string of the molecule is Cc1cc(C(=O)N2CCN(C(C)C)CC2)sc1Br. The van der Waals surface area contributed by atoms with Gasteiger partial charge in [0, 0.05) is 32.2 Å². The number of halogens is 1. The Hall–Kier alpha value is -0.390. The van der Waals surface area contributed by atoms with Gasteiger partial charge < -0.3 is 4.90 Å². The molecule has 100 valence electrons. The lowest BCUT2D eigenvalue weighted by Crippen LogP contribution is -2.50. The van der Waals surface area contributed by atoms with E-state index in [1.54, 1.807) is 0 Å². The first-order chi connectivity index (χ1) is 8.49. The Morgan fingerprint density at radius 1 is 1.33 bits per heavy atom. The summed E-state index contributed by atoms with van der Waals surface area (Å²) in [4.78, 5) is 17.6. The number of thiophene rings is 1. The van der Waals surface area contributed by atoms with E-state index in [0.29, 0.717) is 6.04 Å². The van der Waals surface area contributed by atoms with E-state index in [2.05, 4.69) is 34.7 Å². The second-order valence-electron chi connectivity index (χ2n) is 4.99. The third-order valence-electron chi connectivity index (χ3n) is 3.40. The van der Waals surface area contributed by atoms with Gasteiger partial charge in [0.25, 0.3) is 5.91 Å². The summed E-state index contributed by atoms with van der Waals surface area (Å²) in [6, 6.07) is 2.55. The fraction of sp³-hybridized carbons (Fsp3) is 0.615. The third-order valence-corrected chi connectivity index (χ3v) is 5.52. The molecule has 0 bridgehead atoms. The zero-order chi connectivity index (χ0) is 13.3. The molecule has 0 spiro atoms. The van der Waals surface area contributed by atoms with Crippen LogP contribution in [0.5, 0.6) is 0 Å². The Morgan fingerprint density at radius 3 is 2.39 bits per heavy atom. The van der Waals surface area contributed by atoms with Crippen LogP contribution in [0.2, 0.25) is 0 Å². The first-order valence-electron chi connectivity index (χ1n) is 6.28. The van der Waals surface area contributed by atoms with Crippen LogP contribution in [-0.2, 0) is 0 Å². The fourth-order valence-corrected chi connectivity index (χ4v) is 3.67. The molecule has 1 aromatic rings. The Balaban J connectivity index is 1.99. The first kappa shape index (κ1) is 14.0. The van der Waals surface area contributed by atoms with E-state index in [0.717, 1.165) is 40.4 Å². The summed E-state index contributed by atoms with van der Waals surface area (Å²) in [5.41, 5.74) is 1.14. The summed E-state index contributed by atoms with van der Waals surface area (Å²) in [5.74, 6) is 0.178. The average Bonchev–Trinajstić information content (AvgIpc) is 2.69. The molecule has 0 N–H and O–H groups in total.